The summed E-state index contributed by atoms with van der Waals surface area (Å²) in [5.41, 5.74) is 2.09. The third-order valence-corrected chi connectivity index (χ3v) is 5.34. The van der Waals surface area contributed by atoms with E-state index in [1.165, 1.54) is 25.5 Å². The van der Waals surface area contributed by atoms with Gasteiger partial charge < -0.3 is 9.47 Å². The number of hydrogen-bond acceptors (Lipinski definition) is 6. The highest BCUT2D eigenvalue weighted by molar-refractivity contribution is 7.89. The van der Waals surface area contributed by atoms with Crippen LogP contribution in [0.1, 0.15) is 21.5 Å². The zero-order chi connectivity index (χ0) is 21.4. The number of hydrogen-bond donors (Lipinski definition) is 1. The van der Waals surface area contributed by atoms with Gasteiger partial charge in [-0.2, -0.15) is 13.5 Å². The molecule has 0 heterocycles. The highest BCUT2D eigenvalue weighted by Crippen LogP contribution is 2.14. The number of esters is 1. The fourth-order valence-corrected chi connectivity index (χ4v) is 3.31. The number of carbonyl (C=O) groups is 1. The molecule has 0 aliphatic rings. The Bertz CT molecular complexity index is 1110. The van der Waals surface area contributed by atoms with Gasteiger partial charge in [0.05, 0.1) is 23.8 Å². The summed E-state index contributed by atoms with van der Waals surface area (Å²) in [5, 5.41) is 3.80. The average Bonchev–Trinajstić information content (AvgIpc) is 2.79. The van der Waals surface area contributed by atoms with Gasteiger partial charge in [-0.15, -0.1) is 0 Å². The monoisotopic (exact) mass is 424 g/mol. The van der Waals surface area contributed by atoms with E-state index in [1.807, 2.05) is 0 Å². The number of rotatable bonds is 8. The molecule has 3 aromatic rings. The number of carbonyl (C=O) groups excluding carboxylic acids is 1. The van der Waals surface area contributed by atoms with Crippen LogP contribution in [0.3, 0.4) is 0 Å². The Kier molecular flexibility index (Phi) is 6.82. The number of methoxy groups -OCH3 is 1. The van der Waals surface area contributed by atoms with Crippen molar-refractivity contribution in [1.29, 1.82) is 0 Å². The first-order chi connectivity index (χ1) is 14.5. The van der Waals surface area contributed by atoms with Crippen molar-refractivity contribution < 1.29 is 22.7 Å². The molecule has 0 radical (unpaired) electrons. The molecule has 7 nitrogen and oxygen atoms in total. The molecule has 3 aromatic carbocycles. The molecule has 0 aliphatic carbocycles. The minimum atomic E-state index is -3.69. The summed E-state index contributed by atoms with van der Waals surface area (Å²) in [7, 11) is -2.35. The second kappa shape index (κ2) is 9.71. The quantitative estimate of drug-likeness (QED) is 0.340. The molecule has 0 spiro atoms. The molecule has 0 atom stereocenters. The number of hydrazone groups is 1. The molecule has 0 aliphatic heterocycles. The summed E-state index contributed by atoms with van der Waals surface area (Å²) in [4.78, 5) is 13.8. The van der Waals surface area contributed by atoms with Crippen molar-refractivity contribution in [3.05, 3.63) is 95.6 Å². The van der Waals surface area contributed by atoms with Crippen LogP contribution in [-0.2, 0) is 21.4 Å². The Morgan fingerprint density at radius 2 is 1.63 bits per heavy atom. The fraction of sp³-hybridized carbons (Fsp3) is 0.0909. The third kappa shape index (κ3) is 5.68. The molecule has 0 saturated heterocycles. The first-order valence-corrected chi connectivity index (χ1v) is 10.5. The van der Waals surface area contributed by atoms with Crippen LogP contribution in [-0.4, -0.2) is 27.7 Å². The van der Waals surface area contributed by atoms with Crippen molar-refractivity contribution in [2.24, 2.45) is 5.10 Å². The van der Waals surface area contributed by atoms with Crippen LogP contribution in [0.2, 0.25) is 0 Å². The SMILES string of the molecule is COC(=O)c1ccc(COc2ccc(/C=N\NS(=O)(=O)c3ccccc3)cc2)cc1. The second-order valence-corrected chi connectivity index (χ2v) is 7.87. The summed E-state index contributed by atoms with van der Waals surface area (Å²) in [6.45, 7) is 0.339. The van der Waals surface area contributed by atoms with Gasteiger partial charge >= 0.3 is 5.97 Å². The van der Waals surface area contributed by atoms with Crippen LogP contribution in [0.5, 0.6) is 5.75 Å². The van der Waals surface area contributed by atoms with Gasteiger partial charge in [0.15, 0.2) is 0 Å². The molecule has 0 aromatic heterocycles. The summed E-state index contributed by atoms with van der Waals surface area (Å²) in [5.74, 6) is 0.264. The Labute approximate surface area is 175 Å². The van der Waals surface area contributed by atoms with E-state index < -0.39 is 10.0 Å². The lowest BCUT2D eigenvalue weighted by Gasteiger charge is -2.07. The first kappa shape index (κ1) is 21.1. The van der Waals surface area contributed by atoms with E-state index in [1.54, 1.807) is 66.7 Å². The van der Waals surface area contributed by atoms with Crippen molar-refractivity contribution >= 4 is 22.2 Å². The van der Waals surface area contributed by atoms with Crippen molar-refractivity contribution in [2.45, 2.75) is 11.5 Å². The summed E-state index contributed by atoms with van der Waals surface area (Å²) < 4.78 is 34.6. The fourth-order valence-electron chi connectivity index (χ4n) is 2.49. The number of benzene rings is 3. The molecule has 30 heavy (non-hydrogen) atoms. The summed E-state index contributed by atoms with van der Waals surface area (Å²) in [6, 6.07) is 22.0. The maximum atomic E-state index is 12.1. The number of sulfonamides is 1. The highest BCUT2D eigenvalue weighted by Gasteiger charge is 2.11. The van der Waals surface area contributed by atoms with E-state index in [0.29, 0.717) is 23.5 Å². The van der Waals surface area contributed by atoms with Gasteiger partial charge in [-0.25, -0.2) is 9.63 Å². The molecule has 0 bridgehead atoms. The number of nitrogens with one attached hydrogen (secondary N) is 1. The lowest BCUT2D eigenvalue weighted by Crippen LogP contribution is -2.18. The molecule has 0 saturated carbocycles. The minimum Gasteiger partial charge on any atom is -0.489 e. The Balaban J connectivity index is 1.53. The van der Waals surface area contributed by atoms with Gasteiger partial charge in [0.2, 0.25) is 0 Å². The molecule has 1 N–H and O–H groups in total. The predicted molar refractivity (Wildman–Crippen MR) is 113 cm³/mol. The standard InChI is InChI=1S/C22H20N2O5S/c1-28-22(25)19-11-7-18(8-12-19)16-29-20-13-9-17(10-14-20)15-23-24-30(26,27)21-5-3-2-4-6-21/h2-15,24H,16H2,1H3/b23-15-. The van der Waals surface area contributed by atoms with Crippen LogP contribution in [0.15, 0.2) is 88.9 Å². The maximum absolute atomic E-state index is 12.1. The largest absolute Gasteiger partial charge is 0.489 e. The third-order valence-electron chi connectivity index (χ3n) is 4.10. The molecular formula is C22H20N2O5S. The average molecular weight is 424 g/mol. The zero-order valence-corrected chi connectivity index (χ0v) is 17.0. The zero-order valence-electron chi connectivity index (χ0n) is 16.2. The predicted octanol–water partition coefficient (Wildman–Crippen LogP) is 3.36. The Morgan fingerprint density at radius 1 is 0.967 bits per heavy atom. The molecule has 8 heteroatoms. The van der Waals surface area contributed by atoms with Crippen LogP contribution >= 0.6 is 0 Å². The lowest BCUT2D eigenvalue weighted by molar-refractivity contribution is 0.0600. The Morgan fingerprint density at radius 3 is 2.27 bits per heavy atom. The van der Waals surface area contributed by atoms with E-state index in [9.17, 15) is 13.2 Å². The minimum absolute atomic E-state index is 0.144. The van der Waals surface area contributed by atoms with E-state index >= 15 is 0 Å². The number of ether oxygens (including phenoxy) is 2. The molecule has 154 valence electrons. The van der Waals surface area contributed by atoms with Gasteiger partial charge in [0.25, 0.3) is 10.0 Å². The number of nitrogens with zero attached hydrogens (tertiary/aromatic N) is 1. The van der Waals surface area contributed by atoms with Crippen LogP contribution in [0, 0.1) is 0 Å². The van der Waals surface area contributed by atoms with Crippen LogP contribution < -0.4 is 9.57 Å². The van der Waals surface area contributed by atoms with E-state index in [2.05, 4.69) is 14.7 Å². The van der Waals surface area contributed by atoms with Crippen LogP contribution in [0.4, 0.5) is 0 Å². The lowest BCUT2D eigenvalue weighted by atomic mass is 10.1. The first-order valence-electron chi connectivity index (χ1n) is 8.98. The van der Waals surface area contributed by atoms with Gasteiger partial charge in [-0.05, 0) is 59.7 Å². The molecular weight excluding hydrogens is 404 g/mol. The van der Waals surface area contributed by atoms with Crippen LogP contribution in [0.25, 0.3) is 0 Å². The smallest absolute Gasteiger partial charge is 0.337 e. The van der Waals surface area contributed by atoms with E-state index in [-0.39, 0.29) is 10.9 Å². The highest BCUT2D eigenvalue weighted by atomic mass is 32.2. The molecule has 0 fully saturated rings. The molecule has 3 rings (SSSR count). The van der Waals surface area contributed by atoms with E-state index in [0.717, 1.165) is 5.56 Å². The topological polar surface area (TPSA) is 94.1 Å². The van der Waals surface area contributed by atoms with Gasteiger partial charge in [-0.1, -0.05) is 30.3 Å². The maximum Gasteiger partial charge on any atom is 0.337 e. The van der Waals surface area contributed by atoms with Crippen molar-refractivity contribution in [1.82, 2.24) is 4.83 Å². The van der Waals surface area contributed by atoms with Crippen molar-refractivity contribution in [2.75, 3.05) is 7.11 Å². The summed E-state index contributed by atoms with van der Waals surface area (Å²) in [6.07, 6.45) is 1.41. The molecule has 0 amide bonds. The summed E-state index contributed by atoms with van der Waals surface area (Å²) >= 11 is 0. The van der Waals surface area contributed by atoms with Gasteiger partial charge in [0.1, 0.15) is 12.4 Å². The van der Waals surface area contributed by atoms with E-state index in [4.69, 9.17) is 4.74 Å². The Hall–Kier alpha value is -3.65. The normalized spacial score (nSPS) is 11.2. The second-order valence-electron chi connectivity index (χ2n) is 6.21. The van der Waals surface area contributed by atoms with Crippen molar-refractivity contribution in [3.63, 3.8) is 0 Å². The van der Waals surface area contributed by atoms with Crippen molar-refractivity contribution in [3.8, 4) is 5.75 Å². The van der Waals surface area contributed by atoms with Gasteiger partial charge in [-0.3, -0.25) is 0 Å². The van der Waals surface area contributed by atoms with Gasteiger partial charge in [0, 0.05) is 0 Å². The molecule has 0 unspecified atom stereocenters.